The van der Waals surface area contributed by atoms with E-state index in [1.807, 2.05) is 31.0 Å². The van der Waals surface area contributed by atoms with Crippen LogP contribution < -0.4 is 5.32 Å². The van der Waals surface area contributed by atoms with Crippen molar-refractivity contribution in [3.63, 3.8) is 0 Å². The third-order valence-electron chi connectivity index (χ3n) is 2.85. The Morgan fingerprint density at radius 3 is 2.83 bits per heavy atom. The number of hydrogen-bond donors (Lipinski definition) is 2. The summed E-state index contributed by atoms with van der Waals surface area (Å²) in [5.41, 5.74) is 3.18. The van der Waals surface area contributed by atoms with Gasteiger partial charge in [-0.05, 0) is 6.92 Å². The van der Waals surface area contributed by atoms with Gasteiger partial charge in [-0.25, -0.2) is 4.98 Å². The summed E-state index contributed by atoms with van der Waals surface area (Å²) in [5.74, 6) is 1.02. The van der Waals surface area contributed by atoms with Crippen LogP contribution in [0.5, 0.6) is 0 Å². The summed E-state index contributed by atoms with van der Waals surface area (Å²) in [6.45, 7) is 7.24. The fourth-order valence-electron chi connectivity index (χ4n) is 1.97. The summed E-state index contributed by atoms with van der Waals surface area (Å²) >= 11 is 0. The van der Waals surface area contributed by atoms with Crippen LogP contribution in [0, 0.1) is 6.92 Å². The highest BCUT2D eigenvalue weighted by Gasteiger charge is 2.09. The number of aryl methyl sites for hydroxylation is 2. The van der Waals surface area contributed by atoms with Crippen molar-refractivity contribution in [1.29, 1.82) is 0 Å². The molecule has 0 radical (unpaired) electrons. The smallest absolute Gasteiger partial charge is 0.107 e. The first-order valence-corrected chi connectivity index (χ1v) is 6.34. The molecule has 0 unspecified atom stereocenters. The summed E-state index contributed by atoms with van der Waals surface area (Å²) in [6, 6.07) is 0.514. The fraction of sp³-hybridized carbons (Fsp3) is 0.538. The molecule has 0 atom stereocenters. The van der Waals surface area contributed by atoms with Gasteiger partial charge in [-0.2, -0.15) is 5.10 Å². The van der Waals surface area contributed by atoms with Crippen molar-refractivity contribution in [2.24, 2.45) is 7.05 Å². The normalized spacial score (nSPS) is 11.4. The molecule has 0 aliphatic heterocycles. The molecule has 2 aromatic heterocycles. The Hall–Kier alpha value is -1.62. The second-order valence-corrected chi connectivity index (χ2v) is 4.90. The Labute approximate surface area is 108 Å². The maximum Gasteiger partial charge on any atom is 0.107 e. The van der Waals surface area contributed by atoms with Crippen LogP contribution >= 0.6 is 0 Å². The monoisotopic (exact) mass is 247 g/mol. The first-order chi connectivity index (χ1) is 8.56. The number of imidazole rings is 1. The number of aromatic amines is 1. The number of rotatable bonds is 5. The Balaban J connectivity index is 2.04. The van der Waals surface area contributed by atoms with Crippen molar-refractivity contribution < 1.29 is 0 Å². The van der Waals surface area contributed by atoms with Crippen LogP contribution in [0.1, 0.15) is 25.4 Å². The highest BCUT2D eigenvalue weighted by molar-refractivity contribution is 5.60. The van der Waals surface area contributed by atoms with E-state index in [1.54, 1.807) is 0 Å². The SMILES string of the molecule is Cc1nn(C)cc1-c1cnc(CCNC(C)C)[nH]1. The minimum absolute atomic E-state index is 0.514. The zero-order valence-electron chi connectivity index (χ0n) is 11.5. The van der Waals surface area contributed by atoms with Crippen molar-refractivity contribution in [3.8, 4) is 11.3 Å². The molecule has 5 nitrogen and oxygen atoms in total. The average molecular weight is 247 g/mol. The fourth-order valence-corrected chi connectivity index (χ4v) is 1.97. The lowest BCUT2D eigenvalue weighted by Crippen LogP contribution is -2.25. The van der Waals surface area contributed by atoms with Gasteiger partial charge in [0.25, 0.3) is 0 Å². The first-order valence-electron chi connectivity index (χ1n) is 6.34. The molecule has 2 heterocycles. The molecule has 2 aromatic rings. The van der Waals surface area contributed by atoms with Gasteiger partial charge < -0.3 is 10.3 Å². The zero-order chi connectivity index (χ0) is 13.1. The van der Waals surface area contributed by atoms with E-state index in [-0.39, 0.29) is 0 Å². The van der Waals surface area contributed by atoms with E-state index in [2.05, 4.69) is 34.2 Å². The summed E-state index contributed by atoms with van der Waals surface area (Å²) in [4.78, 5) is 7.76. The van der Waals surface area contributed by atoms with Gasteiger partial charge in [0, 0.05) is 37.8 Å². The Morgan fingerprint density at radius 1 is 1.44 bits per heavy atom. The highest BCUT2D eigenvalue weighted by atomic mass is 15.2. The summed E-state index contributed by atoms with van der Waals surface area (Å²) < 4.78 is 1.82. The lowest BCUT2D eigenvalue weighted by Gasteiger charge is -2.05. The Morgan fingerprint density at radius 2 is 2.22 bits per heavy atom. The third kappa shape index (κ3) is 2.98. The van der Waals surface area contributed by atoms with Crippen molar-refractivity contribution in [1.82, 2.24) is 25.1 Å². The van der Waals surface area contributed by atoms with E-state index in [0.29, 0.717) is 6.04 Å². The van der Waals surface area contributed by atoms with E-state index in [4.69, 9.17) is 0 Å². The highest BCUT2D eigenvalue weighted by Crippen LogP contribution is 2.19. The van der Waals surface area contributed by atoms with Crippen LogP contribution in [0.3, 0.4) is 0 Å². The predicted octanol–water partition coefficient (Wildman–Crippen LogP) is 1.66. The van der Waals surface area contributed by atoms with Crippen LogP contribution in [0.2, 0.25) is 0 Å². The van der Waals surface area contributed by atoms with Crippen LogP contribution in [-0.2, 0) is 13.5 Å². The molecule has 5 heteroatoms. The van der Waals surface area contributed by atoms with Crippen LogP contribution in [-0.4, -0.2) is 32.3 Å². The lowest BCUT2D eigenvalue weighted by atomic mass is 10.2. The minimum Gasteiger partial charge on any atom is -0.342 e. The van der Waals surface area contributed by atoms with E-state index < -0.39 is 0 Å². The van der Waals surface area contributed by atoms with Crippen molar-refractivity contribution in [2.75, 3.05) is 6.54 Å². The largest absolute Gasteiger partial charge is 0.342 e. The molecule has 0 spiro atoms. The minimum atomic E-state index is 0.514. The average Bonchev–Trinajstić information content (AvgIpc) is 2.85. The molecule has 0 aromatic carbocycles. The van der Waals surface area contributed by atoms with Gasteiger partial charge in [0.1, 0.15) is 5.82 Å². The molecule has 0 fully saturated rings. The molecular weight excluding hydrogens is 226 g/mol. The molecular formula is C13H21N5. The molecule has 2 N–H and O–H groups in total. The molecule has 0 aliphatic rings. The van der Waals surface area contributed by atoms with Gasteiger partial charge in [0.2, 0.25) is 0 Å². The first kappa shape index (κ1) is 12.8. The standard InChI is InChI=1S/C13H21N5/c1-9(2)14-6-5-13-15-7-12(16-13)11-8-18(4)17-10(11)3/h7-9,14H,5-6H2,1-4H3,(H,15,16). The molecule has 0 amide bonds. The second-order valence-electron chi connectivity index (χ2n) is 4.90. The number of aromatic nitrogens is 4. The van der Waals surface area contributed by atoms with Gasteiger partial charge in [0.15, 0.2) is 0 Å². The van der Waals surface area contributed by atoms with Crippen molar-refractivity contribution in [2.45, 2.75) is 33.2 Å². The van der Waals surface area contributed by atoms with Gasteiger partial charge >= 0.3 is 0 Å². The summed E-state index contributed by atoms with van der Waals surface area (Å²) in [5, 5.41) is 7.72. The predicted molar refractivity (Wildman–Crippen MR) is 72.4 cm³/mol. The van der Waals surface area contributed by atoms with Gasteiger partial charge in [0.05, 0.1) is 17.6 Å². The maximum atomic E-state index is 4.41. The van der Waals surface area contributed by atoms with Gasteiger partial charge in [-0.1, -0.05) is 13.8 Å². The molecule has 2 rings (SSSR count). The molecule has 98 valence electrons. The summed E-state index contributed by atoms with van der Waals surface area (Å²) in [7, 11) is 1.93. The molecule has 18 heavy (non-hydrogen) atoms. The van der Waals surface area contributed by atoms with E-state index >= 15 is 0 Å². The van der Waals surface area contributed by atoms with Crippen molar-refractivity contribution >= 4 is 0 Å². The van der Waals surface area contributed by atoms with Crippen LogP contribution in [0.15, 0.2) is 12.4 Å². The third-order valence-corrected chi connectivity index (χ3v) is 2.85. The zero-order valence-corrected chi connectivity index (χ0v) is 11.5. The number of nitrogens with zero attached hydrogens (tertiary/aromatic N) is 3. The number of H-pyrrole nitrogens is 1. The number of hydrogen-bond acceptors (Lipinski definition) is 3. The topological polar surface area (TPSA) is 58.5 Å². The molecule has 0 aliphatic carbocycles. The van der Waals surface area contributed by atoms with Gasteiger partial charge in [-0.3, -0.25) is 4.68 Å². The maximum absolute atomic E-state index is 4.41. The quantitative estimate of drug-likeness (QED) is 0.844. The molecule has 0 bridgehead atoms. The second kappa shape index (κ2) is 5.35. The number of nitrogens with one attached hydrogen (secondary N) is 2. The molecule has 0 saturated carbocycles. The van der Waals surface area contributed by atoms with Crippen molar-refractivity contribution in [3.05, 3.63) is 23.9 Å². The lowest BCUT2D eigenvalue weighted by molar-refractivity contribution is 0.584. The van der Waals surface area contributed by atoms with Gasteiger partial charge in [-0.15, -0.1) is 0 Å². The van der Waals surface area contributed by atoms with E-state index in [9.17, 15) is 0 Å². The Kier molecular flexibility index (Phi) is 3.81. The van der Waals surface area contributed by atoms with Crippen LogP contribution in [0.4, 0.5) is 0 Å². The molecule has 0 saturated heterocycles. The Bertz CT molecular complexity index is 509. The van der Waals surface area contributed by atoms with Crippen LogP contribution in [0.25, 0.3) is 11.3 Å². The van der Waals surface area contributed by atoms with E-state index in [1.165, 1.54) is 0 Å². The van der Waals surface area contributed by atoms with E-state index in [0.717, 1.165) is 35.7 Å². The summed E-state index contributed by atoms with van der Waals surface area (Å²) in [6.07, 6.45) is 4.81.